The van der Waals surface area contributed by atoms with Crippen molar-refractivity contribution < 1.29 is 0 Å². The maximum Gasteiger partial charge on any atom is -0.00199 e. The fourth-order valence-corrected chi connectivity index (χ4v) is 23.7. The molecule has 0 aromatic rings. The lowest BCUT2D eigenvalue weighted by Gasteiger charge is -2.28. The third-order valence-corrected chi connectivity index (χ3v) is 27.4. The average molecular weight is 970 g/mol. The summed E-state index contributed by atoms with van der Waals surface area (Å²) in [6.45, 7) is 23.6. The quantitative estimate of drug-likeness (QED) is 0.230. The zero-order valence-electron chi connectivity index (χ0n) is 47.1. The molecule has 0 heteroatoms. The number of hydrogen-bond acceptors (Lipinski definition) is 0. The Morgan fingerprint density at radius 3 is 1.50 bits per heavy atom. The predicted molar refractivity (Wildman–Crippen MR) is 304 cm³/mol. The molecule has 27 atom stereocenters. The third-order valence-electron chi connectivity index (χ3n) is 27.4. The second-order valence-corrected chi connectivity index (χ2v) is 30.3. The highest BCUT2D eigenvalue weighted by Crippen LogP contribution is 2.82. The molecule has 22 aliphatic carbocycles. The molecule has 15 fully saturated rings. The van der Waals surface area contributed by atoms with E-state index in [4.69, 9.17) is 0 Å². The second kappa shape index (κ2) is 19.4. The molecular formula is C72H104. The van der Waals surface area contributed by atoms with E-state index in [1.807, 2.05) is 0 Å². The number of fused-ring (bicyclic) bond motifs is 18. The smallest absolute Gasteiger partial charge is 0.00199 e. The van der Waals surface area contributed by atoms with Gasteiger partial charge in [0.2, 0.25) is 0 Å². The zero-order chi connectivity index (χ0) is 49.3. The van der Waals surface area contributed by atoms with Gasteiger partial charge in [0.15, 0.2) is 0 Å². The van der Waals surface area contributed by atoms with E-state index in [2.05, 4.69) is 147 Å². The van der Waals surface area contributed by atoms with E-state index in [0.717, 1.165) is 153 Å². The molecule has 392 valence electrons. The van der Waals surface area contributed by atoms with Crippen LogP contribution in [-0.4, -0.2) is 0 Å². The van der Waals surface area contributed by atoms with Crippen molar-refractivity contribution in [3.05, 3.63) is 97.2 Å². The van der Waals surface area contributed by atoms with E-state index in [-0.39, 0.29) is 0 Å². The average Bonchev–Trinajstić information content (AvgIpc) is 4.21. The largest absolute Gasteiger partial charge is 0.0992 e. The lowest BCUT2D eigenvalue weighted by molar-refractivity contribution is 0.224. The first-order chi connectivity index (χ1) is 34.9. The third kappa shape index (κ3) is 8.52. The number of allylic oxidation sites excluding steroid dienone is 15. The van der Waals surface area contributed by atoms with E-state index in [9.17, 15) is 0 Å². The van der Waals surface area contributed by atoms with Crippen LogP contribution in [0.5, 0.6) is 0 Å². The van der Waals surface area contributed by atoms with Crippen LogP contribution < -0.4 is 0 Å². The molecule has 27 unspecified atom stereocenters. The van der Waals surface area contributed by atoms with Gasteiger partial charge in [0.25, 0.3) is 0 Å². The second-order valence-electron chi connectivity index (χ2n) is 30.3. The van der Waals surface area contributed by atoms with Crippen molar-refractivity contribution in [3.8, 4) is 0 Å². The molecule has 22 rings (SSSR count). The Balaban J connectivity index is 0.0000000804. The summed E-state index contributed by atoms with van der Waals surface area (Å²) in [7, 11) is 0. The minimum atomic E-state index is 0.764. The molecule has 0 N–H and O–H groups in total. The lowest BCUT2D eigenvalue weighted by Crippen LogP contribution is -2.22. The Kier molecular flexibility index (Phi) is 13.4. The van der Waals surface area contributed by atoms with Crippen molar-refractivity contribution in [3.63, 3.8) is 0 Å². The first-order valence-corrected chi connectivity index (χ1v) is 32.3. The molecule has 15 saturated carbocycles. The molecule has 22 aliphatic rings. The van der Waals surface area contributed by atoms with E-state index in [1.165, 1.54) is 125 Å². The monoisotopic (exact) mass is 969 g/mol. The normalized spacial score (nSPS) is 57.1. The summed E-state index contributed by atoms with van der Waals surface area (Å²) in [5.41, 5.74) is 2.36. The molecule has 0 aromatic carbocycles. The summed E-state index contributed by atoms with van der Waals surface area (Å²) in [5.74, 6) is 31.2. The van der Waals surface area contributed by atoms with Crippen LogP contribution in [-0.2, 0) is 0 Å². The van der Waals surface area contributed by atoms with Crippen LogP contribution in [0.2, 0.25) is 0 Å². The zero-order valence-corrected chi connectivity index (χ0v) is 47.1. The summed E-state index contributed by atoms with van der Waals surface area (Å²) in [6, 6.07) is 0. The Morgan fingerprint density at radius 1 is 0.458 bits per heavy atom. The van der Waals surface area contributed by atoms with Crippen LogP contribution >= 0.6 is 0 Å². The molecular weight excluding hydrogens is 865 g/mol. The maximum absolute atomic E-state index is 3.99. The lowest BCUT2D eigenvalue weighted by atomic mass is 9.76. The minimum Gasteiger partial charge on any atom is -0.0992 e. The van der Waals surface area contributed by atoms with Crippen molar-refractivity contribution >= 4 is 0 Å². The predicted octanol–water partition coefficient (Wildman–Crippen LogP) is 18.9. The van der Waals surface area contributed by atoms with Crippen LogP contribution in [0.3, 0.4) is 0 Å². The van der Waals surface area contributed by atoms with Gasteiger partial charge in [0.05, 0.1) is 0 Å². The summed E-state index contributed by atoms with van der Waals surface area (Å²) in [4.78, 5) is 0. The molecule has 0 spiro atoms. The highest BCUT2D eigenvalue weighted by Gasteiger charge is 2.76. The van der Waals surface area contributed by atoms with E-state index >= 15 is 0 Å². The van der Waals surface area contributed by atoms with Gasteiger partial charge in [0.1, 0.15) is 0 Å². The van der Waals surface area contributed by atoms with Crippen LogP contribution in [0.15, 0.2) is 97.2 Å². The first kappa shape index (κ1) is 49.5. The SMILES string of the molecule is C1=CC2C3C=CC(C3)C2C1.C1=CC2C=CC1C2.C1=CC2CCC1C2.C=C1CC2C=CC1C2.CC1C2CC3C1C3C2C.CC1CC2C(C)C1C1C=CCC12.CC1CC2CCC1C2C.CCC12CC3CC1C2C3C. The standard InChI is InChI=1S/C12H18.C10H16.C10H12.C9H14.C9H16.C8H10.C7H10.C7H8/c1-7-6-11-8(2)12(7)10-5-3-4-9(10)11;1-3-10-5-7-4-8(10)9(10)6(7)2;1-2-9-7-4-5-8(6-7)10(9)3-1;1-4-6-3-7-8(4)9(7)5(6)2;1-6-5-8-3-4-9(6)7(8)2;1-6-4-7-2-3-8(6)5-7;2*1-2-7-4-3-6(1)5-7/h3,5,7-12H,4,6H2,1-2H3;6-9H,3-5H2,1-2H3;1-2,4-5,7-10H,3,6H2;4-9H,3H2,1-2H3;6-9H,3-5H2,1-2H3;2-3,7-8H,1,4-5H2;1-2,6-7H,3-5H2;1-4,6-7H,5H2. The van der Waals surface area contributed by atoms with Gasteiger partial charge in [-0.1, -0.05) is 153 Å². The van der Waals surface area contributed by atoms with E-state index < -0.39 is 0 Å². The Morgan fingerprint density at radius 2 is 1.12 bits per heavy atom. The van der Waals surface area contributed by atoms with Gasteiger partial charge in [-0.15, -0.1) is 0 Å². The Labute approximate surface area is 442 Å². The molecule has 0 heterocycles. The molecule has 0 radical (unpaired) electrons. The van der Waals surface area contributed by atoms with Crippen LogP contribution in [0.1, 0.15) is 165 Å². The first-order valence-electron chi connectivity index (χ1n) is 32.3. The van der Waals surface area contributed by atoms with Crippen LogP contribution in [0.25, 0.3) is 0 Å². The Hall–Kier alpha value is -2.08. The van der Waals surface area contributed by atoms with Gasteiger partial charge in [-0.25, -0.2) is 0 Å². The van der Waals surface area contributed by atoms with Gasteiger partial charge in [0, 0.05) is 0 Å². The van der Waals surface area contributed by atoms with Crippen LogP contribution in [0.4, 0.5) is 0 Å². The summed E-state index contributed by atoms with van der Waals surface area (Å²) >= 11 is 0. The molecule has 72 heavy (non-hydrogen) atoms. The topological polar surface area (TPSA) is 0 Å². The fraction of sp³-hybridized carbons (Fsp3) is 0.778. The highest BCUT2D eigenvalue weighted by atomic mass is 14.8. The highest BCUT2D eigenvalue weighted by molar-refractivity contribution is 5.26. The summed E-state index contributed by atoms with van der Waals surface area (Å²) < 4.78 is 0. The minimum absolute atomic E-state index is 0.764. The number of hydrogen-bond donors (Lipinski definition) is 0. The Bertz CT molecular complexity index is 2140. The van der Waals surface area contributed by atoms with E-state index in [0.29, 0.717) is 0 Å². The maximum atomic E-state index is 3.99. The molecule has 0 saturated heterocycles. The van der Waals surface area contributed by atoms with E-state index in [1.54, 1.807) is 19.3 Å². The van der Waals surface area contributed by atoms with Gasteiger partial charge in [-0.3, -0.25) is 0 Å². The number of rotatable bonds is 1. The van der Waals surface area contributed by atoms with Crippen LogP contribution in [0, 0.1) is 183 Å². The van der Waals surface area contributed by atoms with Gasteiger partial charge < -0.3 is 0 Å². The van der Waals surface area contributed by atoms with Crippen molar-refractivity contribution in [1.82, 2.24) is 0 Å². The van der Waals surface area contributed by atoms with Gasteiger partial charge in [-0.05, 0) is 292 Å². The fourth-order valence-electron chi connectivity index (χ4n) is 23.7. The van der Waals surface area contributed by atoms with Crippen molar-refractivity contribution in [1.29, 1.82) is 0 Å². The van der Waals surface area contributed by atoms with Crippen molar-refractivity contribution in [2.75, 3.05) is 0 Å². The summed E-state index contributed by atoms with van der Waals surface area (Å²) in [6.07, 6.45) is 58.2. The molecule has 0 aromatic heterocycles. The van der Waals surface area contributed by atoms with Gasteiger partial charge >= 0.3 is 0 Å². The van der Waals surface area contributed by atoms with Crippen molar-refractivity contribution in [2.24, 2.45) is 183 Å². The molecule has 0 aliphatic heterocycles. The molecule has 0 amide bonds. The molecule has 20 bridgehead atoms. The van der Waals surface area contributed by atoms with Gasteiger partial charge in [-0.2, -0.15) is 0 Å². The summed E-state index contributed by atoms with van der Waals surface area (Å²) in [5, 5.41) is 0. The van der Waals surface area contributed by atoms with Crippen molar-refractivity contribution in [2.45, 2.75) is 165 Å². The molecule has 0 nitrogen and oxygen atoms in total.